The molecule has 17 heavy (non-hydrogen) atoms. The first-order valence-electron chi connectivity index (χ1n) is 6.46. The molecule has 0 saturated heterocycles. The number of aryl methyl sites for hydroxylation is 2. The SMILES string of the molecule is CCSCCCn1nc(C)c(CCNC)c1C. The van der Waals surface area contributed by atoms with Gasteiger partial charge in [-0.2, -0.15) is 16.9 Å². The second-order valence-electron chi connectivity index (χ2n) is 4.28. The van der Waals surface area contributed by atoms with Gasteiger partial charge in [0.05, 0.1) is 5.69 Å². The first kappa shape index (κ1) is 14.6. The summed E-state index contributed by atoms with van der Waals surface area (Å²) in [7, 11) is 2.00. The molecule has 0 bridgehead atoms. The third-order valence-electron chi connectivity index (χ3n) is 3.02. The van der Waals surface area contributed by atoms with E-state index in [1.165, 1.54) is 34.9 Å². The minimum absolute atomic E-state index is 1.03. The van der Waals surface area contributed by atoms with E-state index in [4.69, 9.17) is 0 Å². The van der Waals surface area contributed by atoms with Gasteiger partial charge < -0.3 is 5.32 Å². The Hall–Kier alpha value is -0.480. The molecule has 98 valence electrons. The molecule has 1 heterocycles. The fourth-order valence-electron chi connectivity index (χ4n) is 2.02. The molecular formula is C13H25N3S. The van der Waals surface area contributed by atoms with Crippen molar-refractivity contribution in [2.75, 3.05) is 25.1 Å². The van der Waals surface area contributed by atoms with Crippen LogP contribution in [-0.2, 0) is 13.0 Å². The van der Waals surface area contributed by atoms with Crippen LogP contribution >= 0.6 is 11.8 Å². The van der Waals surface area contributed by atoms with Gasteiger partial charge in [-0.1, -0.05) is 6.92 Å². The normalized spacial score (nSPS) is 11.1. The van der Waals surface area contributed by atoms with Crippen molar-refractivity contribution in [3.8, 4) is 0 Å². The number of rotatable bonds is 8. The topological polar surface area (TPSA) is 29.9 Å². The summed E-state index contributed by atoms with van der Waals surface area (Å²) in [6, 6.07) is 0. The second-order valence-corrected chi connectivity index (χ2v) is 5.67. The van der Waals surface area contributed by atoms with Gasteiger partial charge in [-0.05, 0) is 57.4 Å². The highest BCUT2D eigenvalue weighted by molar-refractivity contribution is 7.99. The third kappa shape index (κ3) is 4.36. The Kier molecular flexibility index (Phi) is 6.66. The molecule has 0 amide bonds. The van der Waals surface area contributed by atoms with Crippen LogP contribution in [0.2, 0.25) is 0 Å². The number of aromatic nitrogens is 2. The van der Waals surface area contributed by atoms with E-state index >= 15 is 0 Å². The lowest BCUT2D eigenvalue weighted by Crippen LogP contribution is -2.11. The van der Waals surface area contributed by atoms with Gasteiger partial charge in [-0.25, -0.2) is 0 Å². The molecule has 0 aliphatic heterocycles. The van der Waals surface area contributed by atoms with Crippen LogP contribution in [0.15, 0.2) is 0 Å². The van der Waals surface area contributed by atoms with E-state index in [-0.39, 0.29) is 0 Å². The van der Waals surface area contributed by atoms with Crippen LogP contribution in [0.4, 0.5) is 0 Å². The Morgan fingerprint density at radius 3 is 2.76 bits per heavy atom. The van der Waals surface area contributed by atoms with Gasteiger partial charge in [0.1, 0.15) is 0 Å². The number of hydrogen-bond acceptors (Lipinski definition) is 3. The smallest absolute Gasteiger partial charge is 0.0628 e. The summed E-state index contributed by atoms with van der Waals surface area (Å²) < 4.78 is 2.18. The maximum Gasteiger partial charge on any atom is 0.0628 e. The fraction of sp³-hybridized carbons (Fsp3) is 0.769. The lowest BCUT2D eigenvalue weighted by molar-refractivity contribution is 0.585. The Labute approximate surface area is 109 Å². The molecule has 0 aliphatic rings. The zero-order chi connectivity index (χ0) is 12.7. The van der Waals surface area contributed by atoms with Crippen molar-refractivity contribution in [1.82, 2.24) is 15.1 Å². The van der Waals surface area contributed by atoms with Crippen LogP contribution in [0.3, 0.4) is 0 Å². The third-order valence-corrected chi connectivity index (χ3v) is 4.00. The molecule has 1 aromatic heterocycles. The van der Waals surface area contributed by atoms with Crippen molar-refractivity contribution in [1.29, 1.82) is 0 Å². The van der Waals surface area contributed by atoms with Gasteiger partial charge in [0.15, 0.2) is 0 Å². The summed E-state index contributed by atoms with van der Waals surface area (Å²) in [6.07, 6.45) is 2.30. The van der Waals surface area contributed by atoms with E-state index in [0.29, 0.717) is 0 Å². The van der Waals surface area contributed by atoms with Gasteiger partial charge in [0, 0.05) is 12.2 Å². The number of nitrogens with zero attached hydrogens (tertiary/aromatic N) is 2. The molecule has 1 N–H and O–H groups in total. The lowest BCUT2D eigenvalue weighted by atomic mass is 10.1. The summed E-state index contributed by atoms with van der Waals surface area (Å²) in [5.74, 6) is 2.45. The Morgan fingerprint density at radius 2 is 2.12 bits per heavy atom. The quantitative estimate of drug-likeness (QED) is 0.724. The summed E-state index contributed by atoms with van der Waals surface area (Å²) in [5.41, 5.74) is 3.96. The highest BCUT2D eigenvalue weighted by atomic mass is 32.2. The predicted octanol–water partition coefficient (Wildman–Crippen LogP) is 2.41. The lowest BCUT2D eigenvalue weighted by Gasteiger charge is -2.05. The summed E-state index contributed by atoms with van der Waals surface area (Å²) in [5, 5.41) is 7.84. The number of hydrogen-bond donors (Lipinski definition) is 1. The van der Waals surface area contributed by atoms with Crippen LogP contribution in [0.1, 0.15) is 30.3 Å². The van der Waals surface area contributed by atoms with E-state index in [1.807, 2.05) is 18.8 Å². The van der Waals surface area contributed by atoms with Crippen LogP contribution in [-0.4, -0.2) is 34.9 Å². The van der Waals surface area contributed by atoms with E-state index in [9.17, 15) is 0 Å². The van der Waals surface area contributed by atoms with Crippen molar-refractivity contribution in [2.24, 2.45) is 0 Å². The fourth-order valence-corrected chi connectivity index (χ4v) is 2.65. The molecule has 0 unspecified atom stereocenters. The van der Waals surface area contributed by atoms with Gasteiger partial charge in [-0.15, -0.1) is 0 Å². The van der Waals surface area contributed by atoms with Crippen LogP contribution in [0.5, 0.6) is 0 Å². The molecule has 4 heteroatoms. The summed E-state index contributed by atoms with van der Waals surface area (Å²) in [4.78, 5) is 0. The predicted molar refractivity (Wildman–Crippen MR) is 76.9 cm³/mol. The molecule has 0 atom stereocenters. The molecule has 0 spiro atoms. The summed E-state index contributed by atoms with van der Waals surface area (Å²) in [6.45, 7) is 8.61. The van der Waals surface area contributed by atoms with Gasteiger partial charge in [-0.3, -0.25) is 4.68 Å². The average Bonchev–Trinajstić information content (AvgIpc) is 2.58. The summed E-state index contributed by atoms with van der Waals surface area (Å²) >= 11 is 2.01. The molecule has 0 aliphatic carbocycles. The highest BCUT2D eigenvalue weighted by Gasteiger charge is 2.10. The maximum absolute atomic E-state index is 4.64. The van der Waals surface area contributed by atoms with Crippen molar-refractivity contribution in [2.45, 2.75) is 40.2 Å². The number of nitrogens with one attached hydrogen (secondary N) is 1. The minimum Gasteiger partial charge on any atom is -0.319 e. The van der Waals surface area contributed by atoms with Crippen molar-refractivity contribution >= 4 is 11.8 Å². The molecule has 0 saturated carbocycles. The molecular weight excluding hydrogens is 230 g/mol. The molecule has 1 aromatic rings. The zero-order valence-corrected chi connectivity index (χ0v) is 12.4. The van der Waals surface area contributed by atoms with Crippen molar-refractivity contribution in [3.63, 3.8) is 0 Å². The maximum atomic E-state index is 4.64. The number of likely N-dealkylation sites (N-methyl/N-ethyl adjacent to an activating group) is 1. The largest absolute Gasteiger partial charge is 0.319 e. The van der Waals surface area contributed by atoms with Crippen LogP contribution < -0.4 is 5.32 Å². The highest BCUT2D eigenvalue weighted by Crippen LogP contribution is 2.14. The molecule has 0 aromatic carbocycles. The average molecular weight is 255 g/mol. The van der Waals surface area contributed by atoms with Gasteiger partial charge in [0.25, 0.3) is 0 Å². The standard InChI is InChI=1S/C13H25N3S/c1-5-17-10-6-9-16-12(3)13(7-8-14-4)11(2)15-16/h14H,5-10H2,1-4H3. The van der Waals surface area contributed by atoms with Crippen molar-refractivity contribution < 1.29 is 0 Å². The van der Waals surface area contributed by atoms with E-state index < -0.39 is 0 Å². The molecule has 3 nitrogen and oxygen atoms in total. The zero-order valence-electron chi connectivity index (χ0n) is 11.5. The molecule has 1 rings (SSSR count). The Balaban J connectivity index is 2.55. The number of thioether (sulfide) groups is 1. The first-order valence-corrected chi connectivity index (χ1v) is 7.61. The molecule has 0 radical (unpaired) electrons. The molecule has 0 fully saturated rings. The first-order chi connectivity index (χ1) is 8.20. The minimum atomic E-state index is 1.03. The Morgan fingerprint density at radius 1 is 1.35 bits per heavy atom. The second kappa shape index (κ2) is 7.77. The van der Waals surface area contributed by atoms with Gasteiger partial charge in [0.2, 0.25) is 0 Å². The van der Waals surface area contributed by atoms with Gasteiger partial charge >= 0.3 is 0 Å². The van der Waals surface area contributed by atoms with E-state index in [1.54, 1.807) is 0 Å². The van der Waals surface area contributed by atoms with Crippen molar-refractivity contribution in [3.05, 3.63) is 17.0 Å². The monoisotopic (exact) mass is 255 g/mol. The van der Waals surface area contributed by atoms with Crippen LogP contribution in [0, 0.1) is 13.8 Å². The van der Waals surface area contributed by atoms with Crippen LogP contribution in [0.25, 0.3) is 0 Å². The Bertz CT molecular complexity index is 334. The van der Waals surface area contributed by atoms with E-state index in [2.05, 4.69) is 35.9 Å². The van der Waals surface area contributed by atoms with E-state index in [0.717, 1.165) is 19.5 Å².